The molecule has 0 radical (unpaired) electrons. The lowest BCUT2D eigenvalue weighted by Crippen LogP contribution is -2.42. The van der Waals surface area contributed by atoms with Crippen molar-refractivity contribution in [3.63, 3.8) is 0 Å². The van der Waals surface area contributed by atoms with E-state index in [0.29, 0.717) is 28.4 Å². The lowest BCUT2D eigenvalue weighted by atomic mass is 9.96. The Labute approximate surface area is 208 Å². The van der Waals surface area contributed by atoms with E-state index in [4.69, 9.17) is 11.6 Å². The fourth-order valence-corrected chi connectivity index (χ4v) is 4.75. The molecule has 0 aliphatic carbocycles. The van der Waals surface area contributed by atoms with Crippen LogP contribution in [0.15, 0.2) is 72.8 Å². The van der Waals surface area contributed by atoms with Crippen LogP contribution in [0.4, 0.5) is 0 Å². The molecule has 0 spiro atoms. The van der Waals surface area contributed by atoms with E-state index >= 15 is 0 Å². The van der Waals surface area contributed by atoms with E-state index in [1.807, 2.05) is 41.3 Å². The molecular weight excluding hydrogens is 500 g/mol. The number of piperidine rings is 1. The fraction of sp³-hybridized carbons (Fsp3) is 0.259. The Balaban J connectivity index is 1.40. The van der Waals surface area contributed by atoms with E-state index in [0.717, 1.165) is 48.2 Å². The number of hydrogen-bond acceptors (Lipinski definition) is 2. The third kappa shape index (κ3) is 5.84. The maximum atomic E-state index is 12.8. The summed E-state index contributed by atoms with van der Waals surface area (Å²) >= 11 is 9.70. The predicted molar refractivity (Wildman–Crippen MR) is 138 cm³/mol. The quantitative estimate of drug-likeness (QED) is 0.399. The van der Waals surface area contributed by atoms with Gasteiger partial charge in [0.1, 0.15) is 0 Å². The van der Waals surface area contributed by atoms with Crippen LogP contribution in [0.2, 0.25) is 5.02 Å². The molecule has 6 heteroatoms. The molecule has 1 aliphatic heterocycles. The highest BCUT2D eigenvalue weighted by molar-refractivity contribution is 9.09. The fourth-order valence-electron chi connectivity index (χ4n) is 4.17. The van der Waals surface area contributed by atoms with Gasteiger partial charge in [0.25, 0.3) is 5.91 Å². The Kier molecular flexibility index (Phi) is 7.84. The summed E-state index contributed by atoms with van der Waals surface area (Å²) in [6.45, 7) is 2.10. The normalized spacial score (nSPS) is 14.2. The van der Waals surface area contributed by atoms with Crippen LogP contribution in [0.5, 0.6) is 0 Å². The van der Waals surface area contributed by atoms with Gasteiger partial charge >= 0.3 is 0 Å². The minimum atomic E-state index is -0.104. The van der Waals surface area contributed by atoms with Crippen LogP contribution in [0, 0.1) is 5.92 Å². The number of hydrogen-bond donors (Lipinski definition) is 1. The number of carbonyl (C=O) groups is 2. The molecule has 0 atom stereocenters. The van der Waals surface area contributed by atoms with Gasteiger partial charge < -0.3 is 10.2 Å². The van der Waals surface area contributed by atoms with E-state index < -0.39 is 0 Å². The second-order valence-electron chi connectivity index (χ2n) is 8.31. The van der Waals surface area contributed by atoms with Crippen LogP contribution < -0.4 is 5.32 Å². The molecule has 3 aromatic rings. The van der Waals surface area contributed by atoms with Crippen molar-refractivity contribution in [1.82, 2.24) is 10.2 Å². The third-order valence-corrected chi connectivity index (χ3v) is 6.97. The van der Waals surface area contributed by atoms with Crippen molar-refractivity contribution in [1.29, 1.82) is 0 Å². The van der Waals surface area contributed by atoms with E-state index in [-0.39, 0.29) is 11.8 Å². The monoisotopic (exact) mass is 524 g/mol. The molecule has 3 aromatic carbocycles. The standard InChI is InChI=1S/C27H26BrClN2O2/c28-17-26(32)31-14-12-19(13-15-31)18-30-27(33)23-10-11-25(29)24(16-23)22-8-6-21(7-9-22)20-4-2-1-3-5-20/h1-11,16,19H,12-15,17-18H2,(H,30,33). The summed E-state index contributed by atoms with van der Waals surface area (Å²) in [7, 11) is 0. The number of nitrogens with one attached hydrogen (secondary N) is 1. The second-order valence-corrected chi connectivity index (χ2v) is 9.27. The van der Waals surface area contributed by atoms with Crippen molar-refractivity contribution in [2.45, 2.75) is 12.8 Å². The zero-order valence-corrected chi connectivity index (χ0v) is 20.6. The van der Waals surface area contributed by atoms with Crippen LogP contribution in [-0.2, 0) is 4.79 Å². The molecule has 1 aliphatic rings. The minimum Gasteiger partial charge on any atom is -0.352 e. The molecule has 0 unspecified atom stereocenters. The summed E-state index contributed by atoms with van der Waals surface area (Å²) in [6.07, 6.45) is 1.80. The second kappa shape index (κ2) is 11.0. The zero-order valence-electron chi connectivity index (χ0n) is 18.3. The van der Waals surface area contributed by atoms with Gasteiger partial charge in [0.05, 0.1) is 5.33 Å². The Hall–Kier alpha value is -2.63. The molecule has 4 nitrogen and oxygen atoms in total. The van der Waals surface area contributed by atoms with E-state index in [2.05, 4.69) is 45.5 Å². The number of amides is 2. The van der Waals surface area contributed by atoms with Crippen LogP contribution in [0.3, 0.4) is 0 Å². The predicted octanol–water partition coefficient (Wildman–Crippen LogP) is 6.04. The van der Waals surface area contributed by atoms with Crippen LogP contribution in [0.1, 0.15) is 23.2 Å². The highest BCUT2D eigenvalue weighted by Gasteiger charge is 2.22. The summed E-state index contributed by atoms with van der Waals surface area (Å²) in [5.74, 6) is 0.404. The number of nitrogens with zero attached hydrogens (tertiary/aromatic N) is 1. The smallest absolute Gasteiger partial charge is 0.251 e. The number of alkyl halides is 1. The van der Waals surface area contributed by atoms with Crippen LogP contribution >= 0.6 is 27.5 Å². The number of carbonyl (C=O) groups excluding carboxylic acids is 2. The molecule has 2 amide bonds. The molecular formula is C27H26BrClN2O2. The molecule has 1 fully saturated rings. The Bertz CT molecular complexity index is 1110. The van der Waals surface area contributed by atoms with Gasteiger partial charge in [0.2, 0.25) is 5.91 Å². The van der Waals surface area contributed by atoms with Gasteiger partial charge in [-0.3, -0.25) is 9.59 Å². The lowest BCUT2D eigenvalue weighted by molar-refractivity contribution is -0.129. The summed E-state index contributed by atoms with van der Waals surface area (Å²) in [6, 6.07) is 23.8. The first-order valence-corrected chi connectivity index (χ1v) is 12.6. The molecule has 4 rings (SSSR count). The molecule has 1 heterocycles. The van der Waals surface area contributed by atoms with Crippen molar-refractivity contribution in [2.24, 2.45) is 5.92 Å². The highest BCUT2D eigenvalue weighted by Crippen LogP contribution is 2.31. The van der Waals surface area contributed by atoms with E-state index in [9.17, 15) is 9.59 Å². The van der Waals surface area contributed by atoms with Gasteiger partial charge in [-0.2, -0.15) is 0 Å². The Morgan fingerprint density at radius 3 is 2.21 bits per heavy atom. The van der Waals surface area contributed by atoms with Crippen molar-refractivity contribution in [3.05, 3.63) is 83.4 Å². The van der Waals surface area contributed by atoms with E-state index in [1.54, 1.807) is 12.1 Å². The van der Waals surface area contributed by atoms with Crippen LogP contribution in [0.25, 0.3) is 22.3 Å². The number of halogens is 2. The van der Waals surface area contributed by atoms with Crippen molar-refractivity contribution in [2.75, 3.05) is 25.0 Å². The average molecular weight is 526 g/mol. The largest absolute Gasteiger partial charge is 0.352 e. The molecule has 33 heavy (non-hydrogen) atoms. The van der Waals surface area contributed by atoms with Gasteiger partial charge in [0, 0.05) is 35.8 Å². The maximum Gasteiger partial charge on any atom is 0.251 e. The molecule has 1 N–H and O–H groups in total. The Morgan fingerprint density at radius 2 is 1.55 bits per heavy atom. The van der Waals surface area contributed by atoms with Crippen molar-refractivity contribution in [3.8, 4) is 22.3 Å². The maximum absolute atomic E-state index is 12.8. The Morgan fingerprint density at radius 1 is 0.909 bits per heavy atom. The molecule has 0 bridgehead atoms. The average Bonchev–Trinajstić information content (AvgIpc) is 2.88. The highest BCUT2D eigenvalue weighted by atomic mass is 79.9. The van der Waals surface area contributed by atoms with Gasteiger partial charge in [0.15, 0.2) is 0 Å². The number of benzene rings is 3. The molecule has 0 aromatic heterocycles. The summed E-state index contributed by atoms with van der Waals surface area (Å²) in [4.78, 5) is 26.5. The first-order valence-electron chi connectivity index (χ1n) is 11.1. The summed E-state index contributed by atoms with van der Waals surface area (Å²) in [5, 5.41) is 4.04. The topological polar surface area (TPSA) is 49.4 Å². The van der Waals surface area contributed by atoms with Crippen LogP contribution in [-0.4, -0.2) is 41.7 Å². The first kappa shape index (κ1) is 23.5. The van der Waals surface area contributed by atoms with E-state index in [1.165, 1.54) is 0 Å². The zero-order chi connectivity index (χ0) is 23.2. The molecule has 170 valence electrons. The first-order chi connectivity index (χ1) is 16.0. The minimum absolute atomic E-state index is 0.104. The number of rotatable bonds is 6. The van der Waals surface area contributed by atoms with Crippen molar-refractivity contribution < 1.29 is 9.59 Å². The number of likely N-dealkylation sites (tertiary alicyclic amines) is 1. The summed E-state index contributed by atoms with van der Waals surface area (Å²) in [5.41, 5.74) is 4.69. The third-order valence-electron chi connectivity index (χ3n) is 6.16. The summed E-state index contributed by atoms with van der Waals surface area (Å²) < 4.78 is 0. The van der Waals surface area contributed by atoms with Gasteiger partial charge in [-0.1, -0.05) is 82.1 Å². The molecule has 1 saturated heterocycles. The van der Waals surface area contributed by atoms with Gasteiger partial charge in [-0.05, 0) is 53.6 Å². The lowest BCUT2D eigenvalue weighted by Gasteiger charge is -2.31. The van der Waals surface area contributed by atoms with Gasteiger partial charge in [-0.25, -0.2) is 0 Å². The molecule has 0 saturated carbocycles. The van der Waals surface area contributed by atoms with Gasteiger partial charge in [-0.15, -0.1) is 0 Å². The SMILES string of the molecule is O=C(NCC1CCN(C(=O)CBr)CC1)c1ccc(Cl)c(-c2ccc(-c3ccccc3)cc2)c1. The van der Waals surface area contributed by atoms with Crippen molar-refractivity contribution >= 4 is 39.3 Å².